The summed E-state index contributed by atoms with van der Waals surface area (Å²) in [5.74, 6) is 0.521. The Balaban J connectivity index is 1.59. The van der Waals surface area contributed by atoms with E-state index in [-0.39, 0.29) is 17.1 Å². The Hall–Kier alpha value is -3.57. The summed E-state index contributed by atoms with van der Waals surface area (Å²) in [6.45, 7) is 4.86. The van der Waals surface area contributed by atoms with Gasteiger partial charge < -0.3 is 14.1 Å². The van der Waals surface area contributed by atoms with Gasteiger partial charge in [-0.15, -0.1) is 0 Å². The molecule has 35 heavy (non-hydrogen) atoms. The van der Waals surface area contributed by atoms with Gasteiger partial charge in [-0.1, -0.05) is 67.4 Å². The lowest BCUT2D eigenvalue weighted by molar-refractivity contribution is 0.0725. The molecule has 0 fully saturated rings. The second kappa shape index (κ2) is 9.59. The van der Waals surface area contributed by atoms with Gasteiger partial charge >= 0.3 is 0 Å². The minimum absolute atomic E-state index is 0.112. The molecule has 178 valence electrons. The van der Waals surface area contributed by atoms with Gasteiger partial charge in [-0.3, -0.25) is 9.59 Å². The van der Waals surface area contributed by atoms with Crippen molar-refractivity contribution in [3.8, 4) is 5.75 Å². The summed E-state index contributed by atoms with van der Waals surface area (Å²) in [4.78, 5) is 28.9. The predicted octanol–water partition coefficient (Wildman–Crippen LogP) is 6.68. The largest absolute Gasteiger partial charge is 0.489 e. The summed E-state index contributed by atoms with van der Waals surface area (Å²) in [5.41, 5.74) is 3.16. The number of benzene rings is 3. The molecule has 0 spiro atoms. The van der Waals surface area contributed by atoms with Crippen LogP contribution in [0.4, 0.5) is 0 Å². The maximum absolute atomic E-state index is 13.7. The van der Waals surface area contributed by atoms with Crippen LogP contribution in [0.2, 0.25) is 5.02 Å². The molecule has 0 saturated heterocycles. The highest BCUT2D eigenvalue weighted by Gasteiger charge is 2.42. The molecular formula is C29H26ClNO4. The zero-order chi connectivity index (χ0) is 24.5. The summed E-state index contributed by atoms with van der Waals surface area (Å²) in [5, 5.41) is 0.871. The maximum atomic E-state index is 13.7. The average molecular weight is 488 g/mol. The Labute approximate surface area is 208 Å². The number of amides is 1. The molecular weight excluding hydrogens is 462 g/mol. The Morgan fingerprint density at radius 1 is 1.03 bits per heavy atom. The third-order valence-corrected chi connectivity index (χ3v) is 6.83. The van der Waals surface area contributed by atoms with Crippen LogP contribution in [-0.2, 0) is 6.61 Å². The van der Waals surface area contributed by atoms with Gasteiger partial charge in [0.1, 0.15) is 17.9 Å². The number of rotatable bonds is 7. The number of ether oxygens (including phenoxy) is 1. The molecule has 1 aliphatic rings. The fourth-order valence-corrected chi connectivity index (χ4v) is 4.73. The zero-order valence-electron chi connectivity index (χ0n) is 19.7. The van der Waals surface area contributed by atoms with E-state index in [4.69, 9.17) is 20.8 Å². The molecule has 5 rings (SSSR count). The van der Waals surface area contributed by atoms with E-state index in [9.17, 15) is 9.59 Å². The molecule has 3 aromatic carbocycles. The number of carbonyl (C=O) groups excluding carboxylic acids is 1. The fourth-order valence-electron chi connectivity index (χ4n) is 4.56. The van der Waals surface area contributed by atoms with E-state index in [2.05, 4.69) is 6.92 Å². The van der Waals surface area contributed by atoms with Crippen LogP contribution in [0.5, 0.6) is 5.75 Å². The molecule has 1 unspecified atom stereocenters. The van der Waals surface area contributed by atoms with Crippen LogP contribution in [0.15, 0.2) is 75.9 Å². The molecule has 0 N–H and O–H groups in total. The van der Waals surface area contributed by atoms with E-state index < -0.39 is 6.04 Å². The molecule has 0 radical (unpaired) electrons. The number of hydrogen-bond donors (Lipinski definition) is 0. The predicted molar refractivity (Wildman–Crippen MR) is 137 cm³/mol. The lowest BCUT2D eigenvalue weighted by Gasteiger charge is -2.25. The lowest BCUT2D eigenvalue weighted by atomic mass is 9.98. The van der Waals surface area contributed by atoms with Gasteiger partial charge in [0.05, 0.1) is 17.0 Å². The fraction of sp³-hybridized carbons (Fsp3) is 0.241. The zero-order valence-corrected chi connectivity index (χ0v) is 20.5. The number of nitrogens with zero attached hydrogens (tertiary/aromatic N) is 1. The van der Waals surface area contributed by atoms with E-state index in [0.717, 1.165) is 29.5 Å². The van der Waals surface area contributed by atoms with Crippen molar-refractivity contribution in [3.05, 3.63) is 110 Å². The number of carbonyl (C=O) groups is 1. The van der Waals surface area contributed by atoms with Crippen LogP contribution in [0.3, 0.4) is 0 Å². The molecule has 0 bridgehead atoms. The first-order valence-electron chi connectivity index (χ1n) is 11.8. The molecule has 1 aliphatic heterocycles. The SMILES string of the molecule is CCCCN1C(=O)c2oc3cc(C)c(Cl)cc3c(=O)c2C1c1cccc(OCc2ccccc2)c1. The number of hydrogen-bond acceptors (Lipinski definition) is 4. The third kappa shape index (κ3) is 4.32. The quantitative estimate of drug-likeness (QED) is 0.292. The van der Waals surface area contributed by atoms with Gasteiger partial charge in [-0.05, 0) is 54.3 Å². The van der Waals surface area contributed by atoms with E-state index in [1.807, 2.05) is 61.5 Å². The molecule has 0 aliphatic carbocycles. The Bertz CT molecular complexity index is 1460. The van der Waals surface area contributed by atoms with Crippen molar-refractivity contribution in [2.75, 3.05) is 6.54 Å². The van der Waals surface area contributed by atoms with Crippen LogP contribution >= 0.6 is 11.6 Å². The molecule has 0 saturated carbocycles. The van der Waals surface area contributed by atoms with Crippen molar-refractivity contribution in [2.24, 2.45) is 0 Å². The lowest BCUT2D eigenvalue weighted by Crippen LogP contribution is -2.30. The minimum atomic E-state index is -0.551. The van der Waals surface area contributed by atoms with Crippen molar-refractivity contribution in [2.45, 2.75) is 39.3 Å². The summed E-state index contributed by atoms with van der Waals surface area (Å²) in [7, 11) is 0. The van der Waals surface area contributed by atoms with Crippen molar-refractivity contribution in [1.82, 2.24) is 4.90 Å². The molecule has 4 aromatic rings. The first-order chi connectivity index (χ1) is 17.0. The molecule has 1 amide bonds. The van der Waals surface area contributed by atoms with Crippen LogP contribution in [-0.4, -0.2) is 17.4 Å². The number of unbranched alkanes of at least 4 members (excludes halogenated alkanes) is 1. The molecule has 2 heterocycles. The monoisotopic (exact) mass is 487 g/mol. The van der Waals surface area contributed by atoms with Crippen molar-refractivity contribution < 1.29 is 13.9 Å². The normalized spacial score (nSPS) is 15.0. The number of aryl methyl sites for hydroxylation is 1. The first-order valence-corrected chi connectivity index (χ1v) is 12.2. The van der Waals surface area contributed by atoms with Gasteiger partial charge in [0.15, 0.2) is 5.43 Å². The minimum Gasteiger partial charge on any atom is -0.489 e. The Morgan fingerprint density at radius 2 is 1.83 bits per heavy atom. The van der Waals surface area contributed by atoms with Gasteiger partial charge in [-0.2, -0.15) is 0 Å². The van der Waals surface area contributed by atoms with Gasteiger partial charge in [0.25, 0.3) is 5.91 Å². The summed E-state index contributed by atoms with van der Waals surface area (Å²) in [6.07, 6.45) is 1.74. The highest BCUT2D eigenvalue weighted by molar-refractivity contribution is 6.32. The van der Waals surface area contributed by atoms with Crippen LogP contribution in [0.25, 0.3) is 11.0 Å². The van der Waals surface area contributed by atoms with Crippen LogP contribution in [0.1, 0.15) is 58.6 Å². The second-order valence-electron chi connectivity index (χ2n) is 8.87. The second-order valence-corrected chi connectivity index (χ2v) is 9.28. The first kappa shape index (κ1) is 23.2. The molecule has 5 nitrogen and oxygen atoms in total. The Morgan fingerprint density at radius 3 is 2.60 bits per heavy atom. The van der Waals surface area contributed by atoms with E-state index >= 15 is 0 Å². The summed E-state index contributed by atoms with van der Waals surface area (Å²) >= 11 is 6.32. The van der Waals surface area contributed by atoms with Gasteiger partial charge in [-0.25, -0.2) is 0 Å². The van der Waals surface area contributed by atoms with Crippen molar-refractivity contribution in [3.63, 3.8) is 0 Å². The topological polar surface area (TPSA) is 59.8 Å². The van der Waals surface area contributed by atoms with E-state index in [0.29, 0.717) is 40.5 Å². The smallest absolute Gasteiger partial charge is 0.290 e. The third-order valence-electron chi connectivity index (χ3n) is 6.42. The summed E-state index contributed by atoms with van der Waals surface area (Å²) < 4.78 is 12.1. The highest BCUT2D eigenvalue weighted by atomic mass is 35.5. The molecule has 6 heteroatoms. The van der Waals surface area contributed by atoms with Crippen molar-refractivity contribution >= 4 is 28.5 Å². The van der Waals surface area contributed by atoms with Crippen LogP contribution in [0, 0.1) is 6.92 Å². The average Bonchev–Trinajstić information content (AvgIpc) is 3.15. The standard InChI is InChI=1S/C29H26ClNO4/c1-3-4-13-31-26(20-11-8-12-21(15-20)34-17-19-9-6-5-7-10-19)25-27(32)22-16-23(30)18(2)14-24(22)35-28(25)29(31)33/h5-12,14-16,26H,3-4,13,17H2,1-2H3. The maximum Gasteiger partial charge on any atom is 0.290 e. The molecule has 1 atom stereocenters. The van der Waals surface area contributed by atoms with Gasteiger partial charge in [0.2, 0.25) is 5.76 Å². The molecule has 1 aromatic heterocycles. The van der Waals surface area contributed by atoms with Crippen LogP contribution < -0.4 is 10.2 Å². The Kier molecular flexibility index (Phi) is 6.35. The number of fused-ring (bicyclic) bond motifs is 2. The summed E-state index contributed by atoms with van der Waals surface area (Å²) in [6, 6.07) is 20.3. The van der Waals surface area contributed by atoms with E-state index in [1.165, 1.54) is 0 Å². The van der Waals surface area contributed by atoms with E-state index in [1.54, 1.807) is 17.0 Å². The van der Waals surface area contributed by atoms with Gasteiger partial charge in [0, 0.05) is 11.6 Å². The van der Waals surface area contributed by atoms with Crippen molar-refractivity contribution in [1.29, 1.82) is 0 Å². The number of halogens is 1. The highest BCUT2D eigenvalue weighted by Crippen LogP contribution is 2.39.